The van der Waals surface area contributed by atoms with Gasteiger partial charge in [0.25, 0.3) is 0 Å². The average Bonchev–Trinajstić information content (AvgIpc) is 3.53. The van der Waals surface area contributed by atoms with Gasteiger partial charge < -0.3 is 0 Å². The molecule has 0 saturated heterocycles. The van der Waals surface area contributed by atoms with Crippen molar-refractivity contribution in [2.24, 2.45) is 0 Å². The molecule has 0 bridgehead atoms. The summed E-state index contributed by atoms with van der Waals surface area (Å²) in [7, 11) is 0. The van der Waals surface area contributed by atoms with Crippen molar-refractivity contribution < 1.29 is 0 Å². The summed E-state index contributed by atoms with van der Waals surface area (Å²) in [6.07, 6.45) is 3.96. The lowest BCUT2D eigenvalue weighted by Crippen LogP contribution is -1.92. The predicted molar refractivity (Wildman–Crippen MR) is 189 cm³/mol. The summed E-state index contributed by atoms with van der Waals surface area (Å²) in [4.78, 5) is 12.0. The van der Waals surface area contributed by atoms with Crippen molar-refractivity contribution in [3.8, 4) is 21.7 Å². The van der Waals surface area contributed by atoms with Crippen LogP contribution in [0.1, 0.15) is 0 Å². The van der Waals surface area contributed by atoms with Crippen LogP contribution in [0, 0.1) is 0 Å². The Hall–Kier alpha value is -5.03. The highest BCUT2D eigenvalue weighted by Gasteiger charge is 2.19. The third-order valence-corrected chi connectivity index (χ3v) is 10.7. The van der Waals surface area contributed by atoms with Crippen LogP contribution in [0.25, 0.3) is 75.0 Å². The van der Waals surface area contributed by atoms with Gasteiger partial charge in [-0.3, -0.25) is 4.98 Å². The molecule has 0 atom stereocenters. The van der Waals surface area contributed by atoms with Gasteiger partial charge >= 0.3 is 0 Å². The van der Waals surface area contributed by atoms with E-state index < -0.39 is 0 Å². The second-order valence-electron chi connectivity index (χ2n) is 11.0. The van der Waals surface area contributed by atoms with E-state index in [0.29, 0.717) is 0 Å². The van der Waals surface area contributed by atoms with Gasteiger partial charge in [-0.05, 0) is 85.2 Å². The zero-order valence-corrected chi connectivity index (χ0v) is 25.2. The summed E-state index contributed by atoms with van der Waals surface area (Å²) in [6.45, 7) is 0. The number of nitrogens with zero attached hydrogens (tertiary/aromatic N) is 2. The fraction of sp³-hybridized carbons (Fsp3) is 0. The summed E-state index contributed by atoms with van der Waals surface area (Å²) in [5.41, 5.74) is 4.68. The molecule has 0 saturated carbocycles. The smallest absolute Gasteiger partial charge is 0.124 e. The number of fused-ring (bicyclic) bond motifs is 6. The standard InChI is InChI=1S/C40H24N2S2/c1-2-10-28-26(9-1)23-34(30-12-4-3-11-29(28)30)38-31-13-5-6-14-32(31)39(33-21-22-41-24-35(33)38)43-27-19-17-25(18-20-27)40-42-36-15-7-8-16-37(36)44-40/h1-24H. The van der Waals surface area contributed by atoms with Crippen LogP contribution in [0.3, 0.4) is 0 Å². The van der Waals surface area contributed by atoms with E-state index in [-0.39, 0.29) is 0 Å². The van der Waals surface area contributed by atoms with Gasteiger partial charge in [-0.2, -0.15) is 0 Å². The number of thiazole rings is 1. The van der Waals surface area contributed by atoms with Gasteiger partial charge in [0, 0.05) is 33.1 Å². The Kier molecular flexibility index (Phi) is 5.96. The van der Waals surface area contributed by atoms with E-state index in [1.54, 1.807) is 11.3 Å². The second-order valence-corrected chi connectivity index (χ2v) is 13.1. The lowest BCUT2D eigenvalue weighted by atomic mass is 9.88. The van der Waals surface area contributed by atoms with Crippen molar-refractivity contribution in [1.29, 1.82) is 0 Å². The first-order valence-electron chi connectivity index (χ1n) is 14.6. The Morgan fingerprint density at radius 3 is 2.07 bits per heavy atom. The van der Waals surface area contributed by atoms with Gasteiger partial charge in [0.15, 0.2) is 0 Å². The lowest BCUT2D eigenvalue weighted by Gasteiger charge is -2.19. The van der Waals surface area contributed by atoms with Crippen LogP contribution in [0.5, 0.6) is 0 Å². The Morgan fingerprint density at radius 2 is 1.23 bits per heavy atom. The summed E-state index contributed by atoms with van der Waals surface area (Å²) in [5.74, 6) is 0. The highest BCUT2D eigenvalue weighted by molar-refractivity contribution is 7.99. The molecule has 206 valence electrons. The van der Waals surface area contributed by atoms with Gasteiger partial charge in [-0.25, -0.2) is 4.98 Å². The van der Waals surface area contributed by atoms with Crippen LogP contribution in [0.4, 0.5) is 0 Å². The third kappa shape index (κ3) is 4.10. The molecule has 9 rings (SSSR count). The van der Waals surface area contributed by atoms with E-state index >= 15 is 0 Å². The van der Waals surface area contributed by atoms with E-state index in [9.17, 15) is 0 Å². The first-order chi connectivity index (χ1) is 21.8. The van der Waals surface area contributed by atoms with Crippen molar-refractivity contribution in [2.45, 2.75) is 9.79 Å². The number of rotatable bonds is 4. The molecule has 0 radical (unpaired) electrons. The topological polar surface area (TPSA) is 25.8 Å². The molecule has 0 N–H and O–H groups in total. The summed E-state index contributed by atoms with van der Waals surface area (Å²) in [5, 5.41) is 11.0. The molecule has 0 amide bonds. The van der Waals surface area contributed by atoms with E-state index in [1.165, 1.54) is 68.7 Å². The van der Waals surface area contributed by atoms with Crippen molar-refractivity contribution in [3.05, 3.63) is 146 Å². The number of benzene rings is 7. The van der Waals surface area contributed by atoms with Gasteiger partial charge in [-0.15, -0.1) is 11.3 Å². The van der Waals surface area contributed by atoms with E-state index in [0.717, 1.165) is 16.1 Å². The van der Waals surface area contributed by atoms with Crippen LogP contribution in [-0.4, -0.2) is 9.97 Å². The molecule has 2 heterocycles. The molecule has 0 fully saturated rings. The molecule has 0 unspecified atom stereocenters. The summed E-state index contributed by atoms with van der Waals surface area (Å²) in [6, 6.07) is 48.0. The average molecular weight is 597 g/mol. The van der Waals surface area contributed by atoms with E-state index in [4.69, 9.17) is 4.98 Å². The fourth-order valence-electron chi connectivity index (χ4n) is 6.42. The van der Waals surface area contributed by atoms with E-state index in [1.807, 2.05) is 30.2 Å². The maximum Gasteiger partial charge on any atom is 0.124 e. The predicted octanol–water partition coefficient (Wildman–Crippen LogP) is 11.8. The zero-order chi connectivity index (χ0) is 29.0. The van der Waals surface area contributed by atoms with Crippen molar-refractivity contribution >= 4 is 76.4 Å². The molecule has 7 aromatic carbocycles. The maximum absolute atomic E-state index is 4.86. The van der Waals surface area contributed by atoms with Gasteiger partial charge in [0.05, 0.1) is 10.2 Å². The molecule has 0 spiro atoms. The summed E-state index contributed by atoms with van der Waals surface area (Å²) < 4.78 is 1.21. The fourth-order valence-corrected chi connectivity index (χ4v) is 8.48. The van der Waals surface area contributed by atoms with Gasteiger partial charge in [0.1, 0.15) is 5.01 Å². The molecule has 0 aliphatic heterocycles. The molecular weight excluding hydrogens is 573 g/mol. The van der Waals surface area contributed by atoms with Crippen LogP contribution >= 0.6 is 23.1 Å². The quantitative estimate of drug-likeness (QED) is 0.149. The minimum Gasteiger partial charge on any atom is -0.264 e. The number of para-hydroxylation sites is 1. The second kappa shape index (κ2) is 10.3. The Balaban J connectivity index is 1.23. The minimum absolute atomic E-state index is 1.05. The van der Waals surface area contributed by atoms with Crippen molar-refractivity contribution in [1.82, 2.24) is 9.97 Å². The van der Waals surface area contributed by atoms with Crippen molar-refractivity contribution in [3.63, 3.8) is 0 Å². The number of hydrogen-bond acceptors (Lipinski definition) is 4. The number of aromatic nitrogens is 2. The van der Waals surface area contributed by atoms with Crippen LogP contribution in [-0.2, 0) is 0 Å². The first kappa shape index (κ1) is 25.5. The van der Waals surface area contributed by atoms with E-state index in [2.05, 4.69) is 132 Å². The summed E-state index contributed by atoms with van der Waals surface area (Å²) >= 11 is 3.56. The SMILES string of the molecule is c1ccc2c(c1)cc(-c1c3ccccc3c(Sc3ccc(-c4nc5ccccc5s4)cc3)c3ccncc13)c1ccccc12. The molecule has 2 nitrogen and oxygen atoms in total. The maximum atomic E-state index is 4.86. The first-order valence-corrected chi connectivity index (χ1v) is 16.3. The highest BCUT2D eigenvalue weighted by Crippen LogP contribution is 2.47. The molecule has 44 heavy (non-hydrogen) atoms. The molecule has 0 aliphatic rings. The Labute approximate surface area is 262 Å². The zero-order valence-electron chi connectivity index (χ0n) is 23.6. The Bertz CT molecular complexity index is 2440. The van der Waals surface area contributed by atoms with Crippen LogP contribution < -0.4 is 0 Å². The van der Waals surface area contributed by atoms with Crippen LogP contribution in [0.15, 0.2) is 156 Å². The largest absolute Gasteiger partial charge is 0.264 e. The molecular formula is C40H24N2S2. The minimum atomic E-state index is 1.05. The van der Waals surface area contributed by atoms with Crippen LogP contribution in [0.2, 0.25) is 0 Å². The Morgan fingerprint density at radius 1 is 0.545 bits per heavy atom. The third-order valence-electron chi connectivity index (χ3n) is 8.43. The van der Waals surface area contributed by atoms with Crippen molar-refractivity contribution in [2.75, 3.05) is 0 Å². The number of hydrogen-bond donors (Lipinski definition) is 0. The lowest BCUT2D eigenvalue weighted by molar-refractivity contribution is 1.36. The molecule has 4 heteroatoms. The normalized spacial score (nSPS) is 11.7. The monoisotopic (exact) mass is 596 g/mol. The van der Waals surface area contributed by atoms with Gasteiger partial charge in [0.2, 0.25) is 0 Å². The van der Waals surface area contributed by atoms with Gasteiger partial charge in [-0.1, -0.05) is 109 Å². The molecule has 0 aliphatic carbocycles. The molecule has 9 aromatic rings. The number of pyridine rings is 1. The highest BCUT2D eigenvalue weighted by atomic mass is 32.2. The molecule has 2 aromatic heterocycles.